The molecule has 5 nitrogen and oxygen atoms in total. The van der Waals surface area contributed by atoms with Gasteiger partial charge in [-0.25, -0.2) is 13.1 Å². The number of unbranched alkanes of at least 4 members (excludes halogenated alkanes) is 2. The Hall–Kier alpha value is -0.830. The molecule has 0 heterocycles. The fourth-order valence-corrected chi connectivity index (χ4v) is 2.56. The molecule has 0 fully saturated rings. The molecule has 0 unspecified atom stereocenters. The van der Waals surface area contributed by atoms with Crippen molar-refractivity contribution >= 4 is 16.0 Å². The van der Waals surface area contributed by atoms with Crippen LogP contribution in [0.3, 0.4) is 0 Å². The number of nitrogens with one attached hydrogen (secondary N) is 1. The summed E-state index contributed by atoms with van der Waals surface area (Å²) in [6, 6.07) is 0. The van der Waals surface area contributed by atoms with Gasteiger partial charge < -0.3 is 4.74 Å². The van der Waals surface area contributed by atoms with Gasteiger partial charge in [0.15, 0.2) is 0 Å². The highest BCUT2D eigenvalue weighted by Gasteiger charge is 2.27. The van der Waals surface area contributed by atoms with E-state index >= 15 is 0 Å². The maximum absolute atomic E-state index is 11.9. The Kier molecular flexibility index (Phi) is 8.79. The number of halogens is 3. The van der Waals surface area contributed by atoms with Crippen LogP contribution in [0.1, 0.15) is 38.5 Å². The van der Waals surface area contributed by atoms with Crippen molar-refractivity contribution < 1.29 is 31.1 Å². The van der Waals surface area contributed by atoms with Gasteiger partial charge in [-0.3, -0.25) is 4.79 Å². The van der Waals surface area contributed by atoms with E-state index in [0.717, 1.165) is 0 Å². The molecule has 0 aliphatic rings. The van der Waals surface area contributed by atoms with E-state index < -0.39 is 34.8 Å². The largest absolute Gasteiger partial charge is 0.469 e. The summed E-state index contributed by atoms with van der Waals surface area (Å²) in [5, 5.41) is 0. The Balaban J connectivity index is 3.65. The minimum atomic E-state index is -4.33. The van der Waals surface area contributed by atoms with Gasteiger partial charge in [0.05, 0.1) is 12.9 Å². The van der Waals surface area contributed by atoms with E-state index in [1.807, 2.05) is 0 Å². The number of hydrogen-bond donors (Lipinski definition) is 1. The molecule has 9 heteroatoms. The van der Waals surface area contributed by atoms with Gasteiger partial charge in [0.1, 0.15) is 0 Å². The van der Waals surface area contributed by atoms with E-state index in [9.17, 15) is 26.4 Å². The number of carbonyl (C=O) groups is 1. The fourth-order valence-electron chi connectivity index (χ4n) is 1.44. The molecule has 0 saturated heterocycles. The average molecular weight is 319 g/mol. The Morgan fingerprint density at radius 2 is 1.80 bits per heavy atom. The van der Waals surface area contributed by atoms with Crippen LogP contribution >= 0.6 is 0 Å². The summed E-state index contributed by atoms with van der Waals surface area (Å²) < 4.78 is 65.0. The normalized spacial score (nSPS) is 12.4. The molecule has 0 rings (SSSR count). The minimum absolute atomic E-state index is 0.162. The van der Waals surface area contributed by atoms with Crippen molar-refractivity contribution in [3.8, 4) is 0 Å². The number of alkyl halides is 3. The van der Waals surface area contributed by atoms with Crippen molar-refractivity contribution in [1.29, 1.82) is 0 Å². The van der Waals surface area contributed by atoms with Crippen molar-refractivity contribution in [2.75, 3.05) is 19.4 Å². The van der Waals surface area contributed by atoms with E-state index in [2.05, 4.69) is 9.46 Å². The summed E-state index contributed by atoms with van der Waals surface area (Å²) in [5.41, 5.74) is 0. The lowest BCUT2D eigenvalue weighted by atomic mass is 10.2. The van der Waals surface area contributed by atoms with Crippen LogP contribution in [0.5, 0.6) is 0 Å². The number of ether oxygens (including phenoxy) is 1. The lowest BCUT2D eigenvalue weighted by Gasteiger charge is -2.08. The number of methoxy groups -OCH3 is 1. The molecule has 0 aliphatic heterocycles. The van der Waals surface area contributed by atoms with Crippen LogP contribution in [0.2, 0.25) is 0 Å². The first-order valence-corrected chi connectivity index (χ1v) is 7.92. The van der Waals surface area contributed by atoms with E-state index in [1.165, 1.54) is 7.11 Å². The zero-order chi connectivity index (χ0) is 15.6. The topological polar surface area (TPSA) is 72.5 Å². The molecule has 0 spiro atoms. The lowest BCUT2D eigenvalue weighted by Crippen LogP contribution is -2.28. The maximum Gasteiger partial charge on any atom is 0.389 e. The molecule has 0 aromatic heterocycles. The summed E-state index contributed by atoms with van der Waals surface area (Å²) in [5.74, 6) is -0.855. The molecule has 0 aliphatic carbocycles. The zero-order valence-electron chi connectivity index (χ0n) is 11.3. The molecular formula is C11H20F3NO4S. The third kappa shape index (κ3) is 12.2. The Labute approximate surface area is 116 Å². The second-order valence-corrected chi connectivity index (χ2v) is 6.25. The molecule has 0 radical (unpaired) electrons. The molecule has 0 aromatic rings. The van der Waals surface area contributed by atoms with Crippen molar-refractivity contribution in [3.63, 3.8) is 0 Å². The summed E-state index contributed by atoms with van der Waals surface area (Å²) in [4.78, 5) is 10.8. The predicted octanol–water partition coefficient (Wildman–Crippen LogP) is 1.98. The SMILES string of the molecule is COC(=O)CCCCCNS(=O)(=O)CCCC(F)(F)F. The van der Waals surface area contributed by atoms with Crippen LogP contribution in [-0.4, -0.2) is 40.0 Å². The van der Waals surface area contributed by atoms with Crippen molar-refractivity contribution in [2.24, 2.45) is 0 Å². The van der Waals surface area contributed by atoms with Gasteiger partial charge in [0, 0.05) is 19.4 Å². The van der Waals surface area contributed by atoms with Crippen LogP contribution in [-0.2, 0) is 19.6 Å². The molecule has 0 atom stereocenters. The number of esters is 1. The molecular weight excluding hydrogens is 299 g/mol. The van der Waals surface area contributed by atoms with Crippen molar-refractivity contribution in [3.05, 3.63) is 0 Å². The molecule has 120 valence electrons. The van der Waals surface area contributed by atoms with Gasteiger partial charge in [0.2, 0.25) is 10.0 Å². The highest BCUT2D eigenvalue weighted by atomic mass is 32.2. The number of sulfonamides is 1. The number of rotatable bonds is 10. The zero-order valence-corrected chi connectivity index (χ0v) is 12.1. The summed E-state index contributed by atoms with van der Waals surface area (Å²) in [7, 11) is -2.36. The van der Waals surface area contributed by atoms with Gasteiger partial charge >= 0.3 is 12.1 Å². The molecule has 0 amide bonds. The number of carbonyl (C=O) groups excluding carboxylic acids is 1. The van der Waals surface area contributed by atoms with Gasteiger partial charge in [-0.1, -0.05) is 6.42 Å². The first-order chi connectivity index (χ1) is 9.16. The van der Waals surface area contributed by atoms with E-state index in [1.54, 1.807) is 0 Å². The molecule has 0 aromatic carbocycles. The minimum Gasteiger partial charge on any atom is -0.469 e. The third-order valence-electron chi connectivity index (χ3n) is 2.48. The first kappa shape index (κ1) is 19.2. The third-order valence-corrected chi connectivity index (χ3v) is 3.95. The first-order valence-electron chi connectivity index (χ1n) is 6.27. The fraction of sp³-hybridized carbons (Fsp3) is 0.909. The van der Waals surface area contributed by atoms with Gasteiger partial charge in [0.25, 0.3) is 0 Å². The Morgan fingerprint density at radius 3 is 2.35 bits per heavy atom. The smallest absolute Gasteiger partial charge is 0.389 e. The van der Waals surface area contributed by atoms with Gasteiger partial charge in [-0.2, -0.15) is 13.2 Å². The standard InChI is InChI=1S/C11H20F3NO4S/c1-19-10(16)6-3-2-4-8-15-20(17,18)9-5-7-11(12,13)14/h15H,2-9H2,1H3. The Bertz CT molecular complexity index is 382. The van der Waals surface area contributed by atoms with E-state index in [0.29, 0.717) is 19.3 Å². The highest BCUT2D eigenvalue weighted by molar-refractivity contribution is 7.89. The van der Waals surface area contributed by atoms with Crippen LogP contribution in [0, 0.1) is 0 Å². The van der Waals surface area contributed by atoms with Gasteiger partial charge in [-0.05, 0) is 19.3 Å². The second-order valence-electron chi connectivity index (χ2n) is 4.32. The van der Waals surface area contributed by atoms with Crippen LogP contribution in [0.25, 0.3) is 0 Å². The second kappa shape index (κ2) is 9.17. The van der Waals surface area contributed by atoms with Crippen LogP contribution in [0.4, 0.5) is 13.2 Å². The van der Waals surface area contributed by atoms with Crippen molar-refractivity contribution in [1.82, 2.24) is 4.72 Å². The monoisotopic (exact) mass is 319 g/mol. The maximum atomic E-state index is 11.9. The molecule has 20 heavy (non-hydrogen) atoms. The quantitative estimate of drug-likeness (QED) is 0.494. The summed E-state index contributed by atoms with van der Waals surface area (Å²) in [6.45, 7) is 0.162. The van der Waals surface area contributed by atoms with Crippen LogP contribution in [0.15, 0.2) is 0 Å². The Morgan fingerprint density at radius 1 is 1.15 bits per heavy atom. The van der Waals surface area contributed by atoms with E-state index in [4.69, 9.17) is 0 Å². The molecule has 0 saturated carbocycles. The van der Waals surface area contributed by atoms with Crippen molar-refractivity contribution in [2.45, 2.75) is 44.7 Å². The lowest BCUT2D eigenvalue weighted by molar-refractivity contribution is -0.140. The number of hydrogen-bond acceptors (Lipinski definition) is 4. The van der Waals surface area contributed by atoms with Gasteiger partial charge in [-0.15, -0.1) is 0 Å². The average Bonchev–Trinajstić information content (AvgIpc) is 2.31. The summed E-state index contributed by atoms with van der Waals surface area (Å²) in [6.07, 6.45) is -3.86. The molecule has 0 bridgehead atoms. The van der Waals surface area contributed by atoms with Crippen LogP contribution < -0.4 is 4.72 Å². The summed E-state index contributed by atoms with van der Waals surface area (Å²) >= 11 is 0. The molecule has 1 N–H and O–H groups in total. The highest BCUT2D eigenvalue weighted by Crippen LogP contribution is 2.21. The van der Waals surface area contributed by atoms with E-state index in [-0.39, 0.29) is 18.9 Å². The predicted molar refractivity (Wildman–Crippen MR) is 67.6 cm³/mol.